The monoisotopic (exact) mass is 333 g/mol. The van der Waals surface area contributed by atoms with Crippen LogP contribution in [-0.4, -0.2) is 36.4 Å². The van der Waals surface area contributed by atoms with Crippen LogP contribution in [0.25, 0.3) is 0 Å². The van der Waals surface area contributed by atoms with Crippen molar-refractivity contribution in [2.45, 2.75) is 0 Å². The molecule has 0 aliphatic carbocycles. The van der Waals surface area contributed by atoms with Crippen LogP contribution in [0.3, 0.4) is 0 Å². The van der Waals surface area contributed by atoms with E-state index in [1.165, 1.54) is 44.6 Å². The Morgan fingerprint density at radius 2 is 1.67 bits per heavy atom. The third-order valence-corrected chi connectivity index (χ3v) is 2.84. The van der Waals surface area contributed by atoms with E-state index in [-0.39, 0.29) is 16.8 Å². The van der Waals surface area contributed by atoms with Crippen LogP contribution in [0.15, 0.2) is 47.6 Å². The van der Waals surface area contributed by atoms with Crippen molar-refractivity contribution in [2.75, 3.05) is 14.2 Å². The number of methoxy groups -OCH3 is 2. The molecule has 0 radical (unpaired) electrons. The summed E-state index contributed by atoms with van der Waals surface area (Å²) in [6, 6.07) is 10.2. The fourth-order valence-corrected chi connectivity index (χ4v) is 1.68. The molecule has 0 saturated heterocycles. The lowest BCUT2D eigenvalue weighted by Crippen LogP contribution is -2.00. The third kappa shape index (κ3) is 5.09. The van der Waals surface area contributed by atoms with Gasteiger partial charge < -0.3 is 19.7 Å². The Kier molecular flexibility index (Phi) is 6.90. The lowest BCUT2D eigenvalue weighted by molar-refractivity contribution is 0.0684. The maximum atomic E-state index is 10.7. The molecule has 0 amide bonds. The Morgan fingerprint density at radius 1 is 0.958 bits per heavy atom. The molecule has 0 spiro atoms. The topological polar surface area (TPSA) is 122 Å². The van der Waals surface area contributed by atoms with E-state index < -0.39 is 11.9 Å². The van der Waals surface area contributed by atoms with Crippen molar-refractivity contribution in [3.05, 3.63) is 58.5 Å². The minimum absolute atomic E-state index is 0.0714. The molecule has 0 unspecified atom stereocenters. The maximum absolute atomic E-state index is 10.7. The Bertz CT molecular complexity index is 743. The molecule has 2 aromatic rings. The molecule has 2 N–H and O–H groups in total. The fourth-order valence-electron chi connectivity index (χ4n) is 1.68. The van der Waals surface area contributed by atoms with Crippen LogP contribution >= 0.6 is 0 Å². The van der Waals surface area contributed by atoms with Crippen LogP contribution in [0.1, 0.15) is 20.7 Å². The zero-order valence-electron chi connectivity index (χ0n) is 12.9. The number of aromatic carboxylic acids is 2. The molecular weight excluding hydrogens is 318 g/mol. The van der Waals surface area contributed by atoms with Crippen molar-refractivity contribution >= 4 is 17.6 Å². The Balaban J connectivity index is 0.000000243. The molecule has 0 aliphatic rings. The van der Waals surface area contributed by atoms with Gasteiger partial charge >= 0.3 is 11.9 Å². The van der Waals surface area contributed by atoms with Gasteiger partial charge in [-0.25, -0.2) is 9.59 Å². The number of benzene rings is 2. The first kappa shape index (κ1) is 18.6. The smallest absolute Gasteiger partial charge is 0.339 e. The van der Waals surface area contributed by atoms with Crippen molar-refractivity contribution in [3.8, 4) is 11.5 Å². The molecule has 24 heavy (non-hydrogen) atoms. The van der Waals surface area contributed by atoms with Crippen LogP contribution in [0.2, 0.25) is 0 Å². The molecule has 2 aromatic carbocycles. The van der Waals surface area contributed by atoms with Crippen LogP contribution in [-0.2, 0) is 0 Å². The summed E-state index contributed by atoms with van der Waals surface area (Å²) in [5.74, 6) is -1.27. The maximum Gasteiger partial charge on any atom is 0.339 e. The fraction of sp³-hybridized carbons (Fsp3) is 0.125. The molecule has 0 fully saturated rings. The first-order valence-corrected chi connectivity index (χ1v) is 6.55. The van der Waals surface area contributed by atoms with E-state index in [0.29, 0.717) is 11.5 Å². The van der Waals surface area contributed by atoms with E-state index in [1.54, 1.807) is 12.1 Å². The summed E-state index contributed by atoms with van der Waals surface area (Å²) in [5, 5.41) is 19.8. The van der Waals surface area contributed by atoms with Gasteiger partial charge in [0, 0.05) is 0 Å². The second kappa shape index (κ2) is 8.89. The third-order valence-electron chi connectivity index (χ3n) is 2.84. The minimum atomic E-state index is -1.06. The molecule has 0 bridgehead atoms. The zero-order valence-corrected chi connectivity index (χ0v) is 12.9. The summed E-state index contributed by atoms with van der Waals surface area (Å²) in [6.45, 7) is 0. The molecule has 0 aromatic heterocycles. The first-order valence-electron chi connectivity index (χ1n) is 6.55. The summed E-state index contributed by atoms with van der Waals surface area (Å²) >= 11 is 0. The summed E-state index contributed by atoms with van der Waals surface area (Å²) in [6.07, 6.45) is 0. The molecule has 0 aliphatic heterocycles. The molecule has 8 nitrogen and oxygen atoms in total. The van der Waals surface area contributed by atoms with E-state index >= 15 is 0 Å². The lowest BCUT2D eigenvalue weighted by Gasteiger charge is -2.06. The summed E-state index contributed by atoms with van der Waals surface area (Å²) in [4.78, 5) is 31.0. The second-order valence-corrected chi connectivity index (χ2v) is 4.32. The van der Waals surface area contributed by atoms with Gasteiger partial charge in [0.05, 0.1) is 19.8 Å². The van der Waals surface area contributed by atoms with Gasteiger partial charge in [0.2, 0.25) is 0 Å². The van der Waals surface area contributed by atoms with Gasteiger partial charge in [0.1, 0.15) is 22.7 Å². The Hall–Kier alpha value is -3.42. The summed E-state index contributed by atoms with van der Waals surface area (Å²) in [5.41, 5.74) is 0.300. The molecule has 126 valence electrons. The van der Waals surface area contributed by atoms with Crippen LogP contribution in [0.4, 0.5) is 5.69 Å². The average Bonchev–Trinajstić information content (AvgIpc) is 2.61. The Labute approximate surface area is 137 Å². The first-order chi connectivity index (χ1) is 11.4. The number of rotatable bonds is 5. The van der Waals surface area contributed by atoms with Crippen LogP contribution in [0, 0.1) is 4.91 Å². The van der Waals surface area contributed by atoms with E-state index in [2.05, 4.69) is 5.18 Å². The predicted octanol–water partition coefficient (Wildman–Crippen LogP) is 3.18. The van der Waals surface area contributed by atoms with E-state index in [1.807, 2.05) is 0 Å². The number of nitrogens with zero attached hydrogens (tertiary/aromatic N) is 1. The zero-order chi connectivity index (χ0) is 18.1. The Morgan fingerprint density at radius 3 is 2.17 bits per heavy atom. The van der Waals surface area contributed by atoms with Gasteiger partial charge in [0.25, 0.3) is 0 Å². The number of hydrogen-bond donors (Lipinski definition) is 2. The number of nitroso groups, excluding NO2 is 1. The van der Waals surface area contributed by atoms with Crippen LogP contribution in [0.5, 0.6) is 11.5 Å². The molecule has 8 heteroatoms. The quantitative estimate of drug-likeness (QED) is 0.805. The molecule has 0 saturated carbocycles. The van der Waals surface area contributed by atoms with Gasteiger partial charge in [-0.15, -0.1) is 4.91 Å². The number of ether oxygens (including phenoxy) is 2. The van der Waals surface area contributed by atoms with Gasteiger partial charge in [-0.1, -0.05) is 6.07 Å². The largest absolute Gasteiger partial charge is 0.497 e. The number of carbonyl (C=O) groups is 2. The van der Waals surface area contributed by atoms with Gasteiger partial charge in [0.15, 0.2) is 0 Å². The molecule has 2 rings (SSSR count). The molecule has 0 atom stereocenters. The summed E-state index contributed by atoms with van der Waals surface area (Å²) in [7, 11) is 2.90. The van der Waals surface area contributed by atoms with E-state index in [4.69, 9.17) is 19.7 Å². The number of hydrogen-bond acceptors (Lipinski definition) is 6. The highest BCUT2D eigenvalue weighted by Gasteiger charge is 2.11. The van der Waals surface area contributed by atoms with Gasteiger partial charge in [-0.05, 0) is 41.6 Å². The van der Waals surface area contributed by atoms with Crippen LogP contribution < -0.4 is 9.47 Å². The highest BCUT2D eigenvalue weighted by Crippen LogP contribution is 2.23. The minimum Gasteiger partial charge on any atom is -0.497 e. The standard InChI is InChI=1S/C9H10O4.C7H5NO3/c1-12-6-3-4-8(13-2)7(5-6)9(10)11;9-7(10)5-2-1-3-6(4-5)8-11/h3-5H,1-2H3,(H,10,11);1-4H,(H,9,10). The van der Waals surface area contributed by atoms with Gasteiger partial charge in [-0.3, -0.25) is 0 Å². The normalized spacial score (nSPS) is 9.25. The van der Waals surface area contributed by atoms with Crippen molar-refractivity contribution in [1.82, 2.24) is 0 Å². The SMILES string of the molecule is COc1ccc(OC)c(C(=O)O)c1.O=Nc1cccc(C(=O)O)c1. The predicted molar refractivity (Wildman–Crippen MR) is 85.4 cm³/mol. The lowest BCUT2D eigenvalue weighted by atomic mass is 10.2. The van der Waals surface area contributed by atoms with Crippen molar-refractivity contribution in [1.29, 1.82) is 0 Å². The highest BCUT2D eigenvalue weighted by molar-refractivity contribution is 5.91. The second-order valence-electron chi connectivity index (χ2n) is 4.32. The highest BCUT2D eigenvalue weighted by atomic mass is 16.5. The molecular formula is C16H15NO7. The number of carboxylic acids is 2. The van der Waals surface area contributed by atoms with Gasteiger partial charge in [-0.2, -0.15) is 0 Å². The molecule has 0 heterocycles. The average molecular weight is 333 g/mol. The van der Waals surface area contributed by atoms with Crippen molar-refractivity contribution in [3.63, 3.8) is 0 Å². The number of carboxylic acid groups (broad SMARTS) is 2. The van der Waals surface area contributed by atoms with E-state index in [0.717, 1.165) is 0 Å². The summed E-state index contributed by atoms with van der Waals surface area (Å²) < 4.78 is 9.76. The van der Waals surface area contributed by atoms with E-state index in [9.17, 15) is 14.5 Å². The van der Waals surface area contributed by atoms with Crippen molar-refractivity contribution in [2.24, 2.45) is 5.18 Å². The van der Waals surface area contributed by atoms with Crippen molar-refractivity contribution < 1.29 is 29.3 Å².